The van der Waals surface area contributed by atoms with Gasteiger partial charge in [-0.15, -0.1) is 0 Å². The van der Waals surface area contributed by atoms with Gasteiger partial charge in [-0.3, -0.25) is 0 Å². The van der Waals surface area contributed by atoms with Crippen LogP contribution in [0.1, 0.15) is 194 Å². The summed E-state index contributed by atoms with van der Waals surface area (Å²) in [6.07, 6.45) is 0. The molecule has 2 aromatic rings. The Balaban J connectivity index is 3.46. The Morgan fingerprint density at radius 3 is 0.810 bits per heavy atom. The van der Waals surface area contributed by atoms with Crippen LogP contribution in [0.5, 0.6) is 0 Å². The summed E-state index contributed by atoms with van der Waals surface area (Å²) in [5, 5.41) is 3.66. The van der Waals surface area contributed by atoms with Crippen LogP contribution in [0.3, 0.4) is 0 Å². The Morgan fingerprint density at radius 1 is 0.405 bits per heavy atom. The summed E-state index contributed by atoms with van der Waals surface area (Å²) in [5.74, 6) is 3.24. The van der Waals surface area contributed by atoms with Gasteiger partial charge < -0.3 is 0 Å². The Bertz CT molecular complexity index is 1070. The molecule has 2 rings (SSSR count). The Kier molecular flexibility index (Phi) is 13.6. The van der Waals surface area contributed by atoms with Crippen molar-refractivity contribution in [2.75, 3.05) is 0 Å². The molecule has 0 aromatic heterocycles. The van der Waals surface area contributed by atoms with E-state index >= 15 is 0 Å². The van der Waals surface area contributed by atoms with E-state index in [1.54, 1.807) is 22.3 Å². The SMILES string of the molecule is CC(C)c1cc(C(C)C)c([Si](=[As][Si](C(C)C)(C(C)C)C(C)C)c2c(C(C)C)cc(C(C)C)cc2C(C)C)c(C(C)C)c1. The van der Waals surface area contributed by atoms with Crippen LogP contribution in [0, 0.1) is 0 Å². The van der Waals surface area contributed by atoms with E-state index in [0.717, 1.165) is 16.6 Å². The molecule has 0 saturated carbocycles. The van der Waals surface area contributed by atoms with E-state index in [4.69, 9.17) is 0 Å². The zero-order valence-electron chi connectivity index (χ0n) is 31.0. The van der Waals surface area contributed by atoms with Crippen molar-refractivity contribution in [2.24, 2.45) is 0 Å². The van der Waals surface area contributed by atoms with Gasteiger partial charge in [-0.05, 0) is 0 Å². The molecule has 0 aliphatic heterocycles. The van der Waals surface area contributed by atoms with Crippen LogP contribution in [0.15, 0.2) is 24.3 Å². The third-order valence-electron chi connectivity index (χ3n) is 9.82. The van der Waals surface area contributed by atoms with Gasteiger partial charge in [-0.25, -0.2) is 0 Å². The molecule has 0 aliphatic carbocycles. The summed E-state index contributed by atoms with van der Waals surface area (Å²) < 4.78 is 0. The maximum absolute atomic E-state index is 2.65. The van der Waals surface area contributed by atoms with Gasteiger partial charge in [-0.1, -0.05) is 0 Å². The first-order valence-corrected chi connectivity index (χ1v) is 26.5. The molecule has 0 spiro atoms. The van der Waals surface area contributed by atoms with Gasteiger partial charge in [-0.2, -0.15) is 0 Å². The molecule has 0 atom stereocenters. The monoisotopic (exact) mass is 666 g/mol. The molecule has 0 unspecified atom stereocenters. The van der Waals surface area contributed by atoms with E-state index in [0.29, 0.717) is 35.5 Å². The third-order valence-corrected chi connectivity index (χ3v) is 44.0. The normalized spacial score (nSPS) is 13.2. The summed E-state index contributed by atoms with van der Waals surface area (Å²) in [7, 11) is 0. The second-order valence-corrected chi connectivity index (χ2v) is 35.6. The van der Waals surface area contributed by atoms with Crippen molar-refractivity contribution in [3.63, 3.8) is 0 Å². The molecule has 0 saturated heterocycles. The first kappa shape index (κ1) is 37.6. The predicted molar refractivity (Wildman–Crippen MR) is 199 cm³/mol. The topological polar surface area (TPSA) is 0 Å². The third kappa shape index (κ3) is 7.80. The Morgan fingerprint density at radius 2 is 0.643 bits per heavy atom. The standard InChI is InChI=1S/C39H67AsSi2/c1-23(2)32-19-34(25(5)6)38(35(20-32)26(7)8)41(40-42(29(13)14,30(15)16)31(17)18)39-36(27(9)10)21-33(24(3)4)22-37(39)28(11)12/h19-31H,1-18H3. The van der Waals surface area contributed by atoms with Crippen molar-refractivity contribution in [1.82, 2.24) is 0 Å². The van der Waals surface area contributed by atoms with Crippen LogP contribution in [-0.2, 0) is 0 Å². The second kappa shape index (κ2) is 15.1. The first-order valence-electron chi connectivity index (χ1n) is 17.2. The van der Waals surface area contributed by atoms with Gasteiger partial charge in [0.05, 0.1) is 0 Å². The molecule has 0 radical (unpaired) electrons. The van der Waals surface area contributed by atoms with Crippen molar-refractivity contribution in [3.8, 4) is 0 Å². The molecule has 3 heteroatoms. The number of hydrogen-bond donors (Lipinski definition) is 0. The molecule has 0 bridgehead atoms. The molecular weight excluding hydrogens is 600 g/mol. The fourth-order valence-corrected chi connectivity index (χ4v) is 49.0. The molecule has 0 N–H and O–H groups in total. The number of benzene rings is 2. The quantitative estimate of drug-likeness (QED) is 0.198. The van der Waals surface area contributed by atoms with Crippen LogP contribution in [0.4, 0.5) is 0 Å². The molecule has 42 heavy (non-hydrogen) atoms. The van der Waals surface area contributed by atoms with Crippen LogP contribution in [-0.4, -0.2) is 27.3 Å². The molecular formula is C39H67AsSi2. The van der Waals surface area contributed by atoms with E-state index in [9.17, 15) is 0 Å². The molecule has 0 heterocycles. The molecule has 2 aromatic carbocycles. The van der Waals surface area contributed by atoms with Crippen molar-refractivity contribution in [1.29, 1.82) is 0 Å². The van der Waals surface area contributed by atoms with Crippen molar-refractivity contribution in [3.05, 3.63) is 57.6 Å². The minimum absolute atomic E-state index is 0.168. The van der Waals surface area contributed by atoms with Crippen LogP contribution >= 0.6 is 0 Å². The molecule has 0 amide bonds. The fourth-order valence-electron chi connectivity index (χ4n) is 7.28. The average Bonchev–Trinajstić information content (AvgIpc) is 2.87. The predicted octanol–water partition coefficient (Wildman–Crippen LogP) is 11.4. The summed E-state index contributed by atoms with van der Waals surface area (Å²) >= 11 is 0.168. The Labute approximate surface area is 270 Å². The van der Waals surface area contributed by atoms with Crippen LogP contribution < -0.4 is 10.4 Å². The van der Waals surface area contributed by atoms with Gasteiger partial charge >= 0.3 is 272 Å². The number of rotatable bonds is 12. The van der Waals surface area contributed by atoms with E-state index in [1.807, 2.05) is 10.4 Å². The second-order valence-electron chi connectivity index (χ2n) is 15.9. The van der Waals surface area contributed by atoms with Gasteiger partial charge in [0.2, 0.25) is 0 Å². The zero-order chi connectivity index (χ0) is 32.4. The minimum atomic E-state index is -1.62. The van der Waals surface area contributed by atoms with E-state index in [1.165, 1.54) is 11.1 Å². The summed E-state index contributed by atoms with van der Waals surface area (Å²) in [6.45, 7) is 42.2. The zero-order valence-corrected chi connectivity index (χ0v) is 34.8. The molecule has 0 nitrogen and oxygen atoms in total. The molecule has 0 fully saturated rings. The van der Waals surface area contributed by atoms with E-state index in [-0.39, 0.29) is 13.9 Å². The molecule has 0 aliphatic rings. The van der Waals surface area contributed by atoms with Gasteiger partial charge in [0.25, 0.3) is 0 Å². The Hall–Kier alpha value is -0.568. The van der Waals surface area contributed by atoms with Gasteiger partial charge in [0, 0.05) is 0 Å². The van der Waals surface area contributed by atoms with Gasteiger partial charge in [0.15, 0.2) is 0 Å². The van der Waals surface area contributed by atoms with Gasteiger partial charge in [0.1, 0.15) is 0 Å². The van der Waals surface area contributed by atoms with Crippen LogP contribution in [0.25, 0.3) is 0 Å². The number of hydrogen-bond acceptors (Lipinski definition) is 0. The summed E-state index contributed by atoms with van der Waals surface area (Å²) in [6, 6.07) is 10.6. The van der Waals surface area contributed by atoms with Crippen molar-refractivity contribution in [2.45, 2.75) is 177 Å². The average molecular weight is 667 g/mol. The van der Waals surface area contributed by atoms with Crippen molar-refractivity contribution < 1.29 is 0 Å². The summed E-state index contributed by atoms with van der Waals surface area (Å²) in [4.78, 5) is 0. The van der Waals surface area contributed by atoms with E-state index < -0.39 is 13.3 Å². The fraction of sp³-hybridized carbons (Fsp3) is 0.692. The maximum atomic E-state index is 2.65. The molecule has 236 valence electrons. The van der Waals surface area contributed by atoms with E-state index in [2.05, 4.69) is 149 Å². The van der Waals surface area contributed by atoms with Crippen molar-refractivity contribution >= 4 is 37.7 Å². The first-order chi connectivity index (χ1) is 19.3. The van der Waals surface area contributed by atoms with Crippen LogP contribution in [0.2, 0.25) is 16.6 Å². The summed E-state index contributed by atoms with van der Waals surface area (Å²) in [5.41, 5.74) is 12.2.